The zero-order valence-corrected chi connectivity index (χ0v) is 20.4. The molecule has 34 heavy (non-hydrogen) atoms. The average Bonchev–Trinajstić information content (AvgIpc) is 3.21. The van der Waals surface area contributed by atoms with Crippen LogP contribution < -0.4 is 14.3 Å². The SMILES string of the molecule is Cc1ccc(NS(=O)(=O)c2ccc(NS(=O)(=O)c3ccc(N4CCCC4=O)c(C)c3)cc2)cc1. The van der Waals surface area contributed by atoms with Crippen LogP contribution in [0.1, 0.15) is 24.0 Å². The molecule has 0 radical (unpaired) electrons. The Labute approximate surface area is 199 Å². The fourth-order valence-corrected chi connectivity index (χ4v) is 5.95. The van der Waals surface area contributed by atoms with E-state index in [4.69, 9.17) is 0 Å². The number of hydrogen-bond acceptors (Lipinski definition) is 5. The first-order chi connectivity index (χ1) is 16.0. The van der Waals surface area contributed by atoms with Crippen LogP contribution in [0.3, 0.4) is 0 Å². The monoisotopic (exact) mass is 499 g/mol. The molecule has 1 fully saturated rings. The highest BCUT2D eigenvalue weighted by Crippen LogP contribution is 2.28. The van der Waals surface area contributed by atoms with E-state index in [-0.39, 0.29) is 21.4 Å². The van der Waals surface area contributed by atoms with Crippen LogP contribution in [0.15, 0.2) is 76.5 Å². The van der Waals surface area contributed by atoms with Gasteiger partial charge >= 0.3 is 0 Å². The van der Waals surface area contributed by atoms with Gasteiger partial charge < -0.3 is 4.90 Å². The average molecular weight is 500 g/mol. The van der Waals surface area contributed by atoms with Crippen molar-refractivity contribution in [3.63, 3.8) is 0 Å². The largest absolute Gasteiger partial charge is 0.312 e. The highest BCUT2D eigenvalue weighted by atomic mass is 32.2. The van der Waals surface area contributed by atoms with Crippen molar-refractivity contribution in [2.75, 3.05) is 20.9 Å². The fourth-order valence-electron chi connectivity index (χ4n) is 3.75. The molecule has 1 aliphatic rings. The molecule has 0 aliphatic carbocycles. The van der Waals surface area contributed by atoms with Crippen LogP contribution in [0.4, 0.5) is 17.1 Å². The second kappa shape index (κ2) is 9.11. The van der Waals surface area contributed by atoms with E-state index in [2.05, 4.69) is 9.44 Å². The second-order valence-electron chi connectivity index (χ2n) is 8.20. The lowest BCUT2D eigenvalue weighted by atomic mass is 10.2. The van der Waals surface area contributed by atoms with E-state index in [1.165, 1.54) is 36.4 Å². The third-order valence-corrected chi connectivity index (χ3v) is 8.34. The standard InChI is InChI=1S/C24H25N3O5S2/c1-17-5-7-19(8-6-17)25-33(29,30)21-11-9-20(10-12-21)26-34(31,32)22-13-14-23(18(2)16-22)27-15-3-4-24(27)28/h5-14,16,25-26H,3-4,15H2,1-2H3. The Morgan fingerprint density at radius 1 is 0.735 bits per heavy atom. The molecule has 1 saturated heterocycles. The summed E-state index contributed by atoms with van der Waals surface area (Å²) < 4.78 is 56.0. The summed E-state index contributed by atoms with van der Waals surface area (Å²) in [7, 11) is -7.73. The number of carbonyl (C=O) groups excluding carboxylic acids is 1. The maximum Gasteiger partial charge on any atom is 0.261 e. The van der Waals surface area contributed by atoms with Gasteiger partial charge in [-0.3, -0.25) is 14.2 Å². The van der Waals surface area contributed by atoms with Crippen LogP contribution >= 0.6 is 0 Å². The van der Waals surface area contributed by atoms with E-state index in [9.17, 15) is 21.6 Å². The predicted molar refractivity (Wildman–Crippen MR) is 132 cm³/mol. The van der Waals surface area contributed by atoms with Gasteiger partial charge in [0, 0.05) is 30.0 Å². The summed E-state index contributed by atoms with van der Waals surface area (Å²) in [4.78, 5) is 13.7. The number of nitrogens with one attached hydrogen (secondary N) is 2. The fraction of sp³-hybridized carbons (Fsp3) is 0.208. The van der Waals surface area contributed by atoms with Gasteiger partial charge in [-0.25, -0.2) is 16.8 Å². The number of aryl methyl sites for hydroxylation is 2. The lowest BCUT2D eigenvalue weighted by molar-refractivity contribution is -0.117. The van der Waals surface area contributed by atoms with Gasteiger partial charge in [-0.05, 0) is 80.4 Å². The van der Waals surface area contributed by atoms with E-state index in [1.54, 1.807) is 42.2 Å². The van der Waals surface area contributed by atoms with Crippen molar-refractivity contribution in [2.45, 2.75) is 36.5 Å². The molecule has 0 atom stereocenters. The third-order valence-electron chi connectivity index (χ3n) is 5.56. The number of anilines is 3. The first-order valence-electron chi connectivity index (χ1n) is 10.7. The molecular weight excluding hydrogens is 474 g/mol. The molecule has 0 unspecified atom stereocenters. The van der Waals surface area contributed by atoms with Crippen LogP contribution in [0.25, 0.3) is 0 Å². The third kappa shape index (κ3) is 5.07. The molecule has 1 aliphatic heterocycles. The molecule has 0 spiro atoms. The molecule has 3 aromatic rings. The van der Waals surface area contributed by atoms with E-state index in [0.29, 0.717) is 29.9 Å². The number of hydrogen-bond donors (Lipinski definition) is 2. The van der Waals surface area contributed by atoms with Crippen molar-refractivity contribution in [3.05, 3.63) is 77.9 Å². The number of sulfonamides is 2. The van der Waals surface area contributed by atoms with Crippen LogP contribution in [-0.2, 0) is 24.8 Å². The number of rotatable bonds is 7. The lowest BCUT2D eigenvalue weighted by Crippen LogP contribution is -2.24. The molecule has 0 aromatic heterocycles. The minimum atomic E-state index is -3.91. The van der Waals surface area contributed by atoms with Gasteiger partial charge in [-0.15, -0.1) is 0 Å². The Bertz CT molecular complexity index is 1430. The van der Waals surface area contributed by atoms with E-state index in [1.807, 2.05) is 6.92 Å². The van der Waals surface area contributed by atoms with E-state index in [0.717, 1.165) is 12.0 Å². The van der Waals surface area contributed by atoms with E-state index < -0.39 is 20.0 Å². The first-order valence-corrected chi connectivity index (χ1v) is 13.7. The van der Waals surface area contributed by atoms with Crippen LogP contribution in [0.5, 0.6) is 0 Å². The lowest BCUT2D eigenvalue weighted by Gasteiger charge is -2.19. The molecular formula is C24H25N3O5S2. The van der Waals surface area contributed by atoms with Gasteiger partial charge in [0.1, 0.15) is 0 Å². The maximum atomic E-state index is 12.9. The topological polar surface area (TPSA) is 113 Å². The number of carbonyl (C=O) groups is 1. The molecule has 178 valence electrons. The summed E-state index contributed by atoms with van der Waals surface area (Å²) in [6.45, 7) is 4.29. The second-order valence-corrected chi connectivity index (χ2v) is 11.6. The molecule has 1 heterocycles. The Hall–Kier alpha value is -3.37. The van der Waals surface area contributed by atoms with Crippen molar-refractivity contribution < 1.29 is 21.6 Å². The molecule has 8 nitrogen and oxygen atoms in total. The number of nitrogens with zero attached hydrogens (tertiary/aromatic N) is 1. The summed E-state index contributed by atoms with van der Waals surface area (Å²) in [5.74, 6) is 0.0312. The van der Waals surface area contributed by atoms with Gasteiger partial charge in [0.25, 0.3) is 20.0 Å². The van der Waals surface area contributed by atoms with Crippen molar-refractivity contribution >= 4 is 43.0 Å². The molecule has 1 amide bonds. The maximum absolute atomic E-state index is 12.9. The molecule has 4 rings (SSSR count). The van der Waals surface area contributed by atoms with Crippen molar-refractivity contribution in [2.24, 2.45) is 0 Å². The summed E-state index contributed by atoms with van der Waals surface area (Å²) >= 11 is 0. The summed E-state index contributed by atoms with van der Waals surface area (Å²) in [5, 5.41) is 0. The minimum Gasteiger partial charge on any atom is -0.312 e. The molecule has 10 heteroatoms. The first kappa shape index (κ1) is 23.8. The molecule has 0 bridgehead atoms. The Morgan fingerprint density at radius 3 is 1.79 bits per heavy atom. The zero-order chi connectivity index (χ0) is 24.5. The molecule has 0 saturated carbocycles. The van der Waals surface area contributed by atoms with Gasteiger partial charge in [0.2, 0.25) is 5.91 Å². The normalized spacial score (nSPS) is 14.3. The summed E-state index contributed by atoms with van der Waals surface area (Å²) in [6, 6.07) is 17.0. The van der Waals surface area contributed by atoms with Gasteiger partial charge in [0.05, 0.1) is 9.79 Å². The van der Waals surface area contributed by atoms with Crippen LogP contribution in [0, 0.1) is 13.8 Å². The van der Waals surface area contributed by atoms with E-state index >= 15 is 0 Å². The van der Waals surface area contributed by atoms with Crippen molar-refractivity contribution in [1.82, 2.24) is 0 Å². The number of amides is 1. The minimum absolute atomic E-state index is 0.00602. The zero-order valence-electron chi connectivity index (χ0n) is 18.8. The van der Waals surface area contributed by atoms with Gasteiger partial charge in [0.15, 0.2) is 0 Å². The number of benzene rings is 3. The smallest absolute Gasteiger partial charge is 0.261 e. The van der Waals surface area contributed by atoms with Gasteiger partial charge in [-0.1, -0.05) is 17.7 Å². The Kier molecular flexibility index (Phi) is 6.37. The molecule has 2 N–H and O–H groups in total. The van der Waals surface area contributed by atoms with Crippen molar-refractivity contribution in [3.8, 4) is 0 Å². The highest BCUT2D eigenvalue weighted by molar-refractivity contribution is 7.93. The van der Waals surface area contributed by atoms with Crippen LogP contribution in [0.2, 0.25) is 0 Å². The molecule has 3 aromatic carbocycles. The summed E-state index contributed by atoms with van der Waals surface area (Å²) in [6.07, 6.45) is 1.28. The Balaban J connectivity index is 1.49. The van der Waals surface area contributed by atoms with Gasteiger partial charge in [-0.2, -0.15) is 0 Å². The summed E-state index contributed by atoms with van der Waals surface area (Å²) in [5.41, 5.74) is 3.06. The van der Waals surface area contributed by atoms with Crippen LogP contribution in [-0.4, -0.2) is 29.3 Å². The highest BCUT2D eigenvalue weighted by Gasteiger charge is 2.24. The van der Waals surface area contributed by atoms with Crippen molar-refractivity contribution in [1.29, 1.82) is 0 Å². The quantitative estimate of drug-likeness (QED) is 0.510. The predicted octanol–water partition coefficient (Wildman–Crippen LogP) is 4.03. The Morgan fingerprint density at radius 2 is 1.26 bits per heavy atom.